The van der Waals surface area contributed by atoms with Crippen molar-refractivity contribution in [3.8, 4) is 6.07 Å². The van der Waals surface area contributed by atoms with E-state index in [1.54, 1.807) is 38.1 Å². The van der Waals surface area contributed by atoms with Crippen molar-refractivity contribution in [3.05, 3.63) is 107 Å². The lowest BCUT2D eigenvalue weighted by molar-refractivity contribution is -0.166. The molecule has 2 aliphatic heterocycles. The molecule has 2 fully saturated rings. The molecule has 0 radical (unpaired) electrons. The molecule has 2 saturated heterocycles. The maximum Gasteiger partial charge on any atom is 0.331 e. The summed E-state index contributed by atoms with van der Waals surface area (Å²) in [5.41, 5.74) is 2.70. The number of hydrogen-bond acceptors (Lipinski definition) is 6. The Hall–Kier alpha value is -4.29. The summed E-state index contributed by atoms with van der Waals surface area (Å²) >= 11 is 0. The molecule has 0 spiro atoms. The number of benzene rings is 3. The van der Waals surface area contributed by atoms with Crippen LogP contribution in [0.2, 0.25) is 0 Å². The van der Waals surface area contributed by atoms with Gasteiger partial charge in [0.05, 0.1) is 33.6 Å². The number of nitrogens with zero attached hydrogens (tertiary/aromatic N) is 2. The second-order valence-electron chi connectivity index (χ2n) is 10.1. The summed E-state index contributed by atoms with van der Waals surface area (Å²) in [5.74, 6) is -1.53. The first kappa shape index (κ1) is 26.3. The van der Waals surface area contributed by atoms with Gasteiger partial charge in [-0.25, -0.2) is 4.79 Å². The smallest absolute Gasteiger partial charge is 0.331 e. The first-order chi connectivity index (χ1) is 18.7. The summed E-state index contributed by atoms with van der Waals surface area (Å²) in [6, 6.07) is 25.1. The van der Waals surface area contributed by atoms with Gasteiger partial charge in [-0.15, -0.1) is 0 Å². The lowest BCUT2D eigenvalue weighted by Crippen LogP contribution is -2.71. The van der Waals surface area contributed by atoms with E-state index in [9.17, 15) is 18.6 Å². The highest BCUT2D eigenvalue weighted by Crippen LogP contribution is 2.44. The van der Waals surface area contributed by atoms with E-state index >= 15 is 0 Å². The van der Waals surface area contributed by atoms with E-state index in [1.807, 2.05) is 66.7 Å². The molecule has 3 aromatic rings. The van der Waals surface area contributed by atoms with E-state index in [-0.39, 0.29) is 6.42 Å². The largest absolute Gasteiger partial charge is 0.451 e. The van der Waals surface area contributed by atoms with E-state index < -0.39 is 56.9 Å². The Morgan fingerprint density at radius 3 is 2.10 bits per heavy atom. The Morgan fingerprint density at radius 1 is 1.00 bits per heavy atom. The van der Waals surface area contributed by atoms with Crippen molar-refractivity contribution in [2.75, 3.05) is 0 Å². The molecule has 8 nitrogen and oxygen atoms in total. The van der Waals surface area contributed by atoms with Crippen LogP contribution in [0.5, 0.6) is 0 Å². The molecule has 2 aliphatic rings. The fourth-order valence-electron chi connectivity index (χ4n) is 5.15. The van der Waals surface area contributed by atoms with Crippen molar-refractivity contribution in [3.63, 3.8) is 0 Å². The van der Waals surface area contributed by atoms with E-state index in [2.05, 4.69) is 5.32 Å². The SMILES string of the molecule is CC1(C)[C@H](C(=O)OC(c2ccccc2)c2ccccc2)N2C(=O)[C@@H](NC(=O)Cc3ccc(C#N)cc3)[C@H]2[S@@]1=O. The third-order valence-electron chi connectivity index (χ3n) is 7.18. The minimum absolute atomic E-state index is 0.000458. The van der Waals surface area contributed by atoms with Crippen LogP contribution in [-0.2, 0) is 36.3 Å². The van der Waals surface area contributed by atoms with Gasteiger partial charge in [-0.3, -0.25) is 13.8 Å². The van der Waals surface area contributed by atoms with Gasteiger partial charge in [0, 0.05) is 0 Å². The van der Waals surface area contributed by atoms with Crippen LogP contribution >= 0.6 is 0 Å². The summed E-state index contributed by atoms with van der Waals surface area (Å²) in [5, 5.41) is 10.8. The zero-order valence-corrected chi connectivity index (χ0v) is 22.3. The number of fused-ring (bicyclic) bond motifs is 1. The molecule has 2 amide bonds. The van der Waals surface area contributed by atoms with Crippen LogP contribution in [0.15, 0.2) is 84.9 Å². The van der Waals surface area contributed by atoms with Crippen LogP contribution in [0.1, 0.15) is 42.2 Å². The highest BCUT2D eigenvalue weighted by molar-refractivity contribution is 7.87. The van der Waals surface area contributed by atoms with E-state index in [4.69, 9.17) is 10.00 Å². The average molecular weight is 542 g/mol. The monoisotopic (exact) mass is 541 g/mol. The first-order valence-corrected chi connectivity index (χ1v) is 13.8. The molecule has 5 rings (SSSR count). The van der Waals surface area contributed by atoms with Gasteiger partial charge in [-0.1, -0.05) is 72.8 Å². The molecule has 0 aromatic heterocycles. The minimum Gasteiger partial charge on any atom is -0.451 e. The molecule has 0 unspecified atom stereocenters. The second kappa shape index (κ2) is 10.5. The van der Waals surface area contributed by atoms with E-state index in [0.717, 1.165) is 11.1 Å². The van der Waals surface area contributed by atoms with Crippen LogP contribution in [0, 0.1) is 11.3 Å². The fourth-order valence-corrected chi connectivity index (χ4v) is 7.06. The summed E-state index contributed by atoms with van der Waals surface area (Å²) < 4.78 is 18.5. The van der Waals surface area contributed by atoms with Gasteiger partial charge in [0.1, 0.15) is 17.5 Å². The summed E-state index contributed by atoms with van der Waals surface area (Å²) in [6.45, 7) is 3.35. The second-order valence-corrected chi connectivity index (χ2v) is 12.2. The Bertz CT molecular complexity index is 1430. The Morgan fingerprint density at radius 2 is 1.56 bits per heavy atom. The maximum atomic E-state index is 13.7. The van der Waals surface area contributed by atoms with Gasteiger partial charge in [-0.2, -0.15) is 5.26 Å². The molecule has 0 saturated carbocycles. The highest BCUT2D eigenvalue weighted by Gasteiger charge is 2.68. The number of ether oxygens (including phenoxy) is 1. The van der Waals surface area contributed by atoms with Crippen LogP contribution in [0.25, 0.3) is 0 Å². The third kappa shape index (κ3) is 4.84. The molecule has 198 valence electrons. The molecule has 4 atom stereocenters. The van der Waals surface area contributed by atoms with Crippen LogP contribution < -0.4 is 5.32 Å². The fraction of sp³-hybridized carbons (Fsp3) is 0.267. The van der Waals surface area contributed by atoms with Gasteiger partial charge in [0.2, 0.25) is 11.8 Å². The molecule has 2 heterocycles. The van der Waals surface area contributed by atoms with Crippen LogP contribution in [0.3, 0.4) is 0 Å². The average Bonchev–Trinajstić information content (AvgIpc) is 3.14. The minimum atomic E-state index is -1.64. The van der Waals surface area contributed by atoms with Gasteiger partial charge >= 0.3 is 5.97 Å². The predicted octanol–water partition coefficient (Wildman–Crippen LogP) is 3.00. The first-order valence-electron chi connectivity index (χ1n) is 12.5. The number of β-lactam (4-membered cyclic amide) rings is 1. The number of carbonyl (C=O) groups excluding carboxylic acids is 3. The van der Waals surface area contributed by atoms with Gasteiger partial charge in [0.25, 0.3) is 0 Å². The molecule has 0 bridgehead atoms. The van der Waals surface area contributed by atoms with Crippen molar-refractivity contribution < 1.29 is 23.3 Å². The number of nitriles is 1. The standard InChI is InChI=1S/C30H27N3O5S/c1-30(2)26(29(36)38-25(21-9-5-3-6-10-21)22-11-7-4-8-12-22)33-27(35)24(28(33)39(30)37)32-23(34)17-19-13-15-20(18-31)16-14-19/h3-16,24-26,28H,17H2,1-2H3,(H,32,34)/t24-,26+,28-,39+/m1/s1. The molecule has 39 heavy (non-hydrogen) atoms. The van der Waals surface area contributed by atoms with Gasteiger partial charge < -0.3 is 15.0 Å². The summed E-state index contributed by atoms with van der Waals surface area (Å²) in [4.78, 5) is 40.9. The number of esters is 1. The maximum absolute atomic E-state index is 13.7. The normalized spacial score (nSPS) is 22.9. The quantitative estimate of drug-likeness (QED) is 0.363. The van der Waals surface area contributed by atoms with Crippen LogP contribution in [0.4, 0.5) is 0 Å². The number of nitrogens with one attached hydrogen (secondary N) is 1. The van der Waals surface area contributed by atoms with Crippen molar-refractivity contribution in [2.24, 2.45) is 0 Å². The van der Waals surface area contributed by atoms with E-state index in [0.29, 0.717) is 11.1 Å². The summed E-state index contributed by atoms with van der Waals surface area (Å²) in [6.07, 6.45) is -0.706. The van der Waals surface area contributed by atoms with Crippen molar-refractivity contribution in [1.82, 2.24) is 10.2 Å². The Balaban J connectivity index is 1.33. The van der Waals surface area contributed by atoms with E-state index in [1.165, 1.54) is 4.90 Å². The third-order valence-corrected chi connectivity index (χ3v) is 9.38. The summed E-state index contributed by atoms with van der Waals surface area (Å²) in [7, 11) is -1.64. The van der Waals surface area contributed by atoms with Crippen molar-refractivity contribution >= 4 is 28.6 Å². The topological polar surface area (TPSA) is 117 Å². The number of carbonyl (C=O) groups is 3. The Kier molecular flexibility index (Phi) is 7.06. The van der Waals surface area contributed by atoms with Crippen molar-refractivity contribution in [1.29, 1.82) is 5.26 Å². The molecule has 9 heteroatoms. The lowest BCUT2D eigenvalue weighted by atomic mass is 9.95. The lowest BCUT2D eigenvalue weighted by Gasteiger charge is -2.43. The number of hydrogen-bond donors (Lipinski definition) is 1. The molecule has 3 aromatic carbocycles. The van der Waals surface area contributed by atoms with Crippen molar-refractivity contribution in [2.45, 2.75) is 48.6 Å². The predicted molar refractivity (Wildman–Crippen MR) is 144 cm³/mol. The molecule has 0 aliphatic carbocycles. The Labute approximate surface area is 229 Å². The number of rotatable bonds is 7. The molecular weight excluding hydrogens is 514 g/mol. The van der Waals surface area contributed by atoms with Gasteiger partial charge in [0.15, 0.2) is 6.10 Å². The molecular formula is C30H27N3O5S. The zero-order valence-electron chi connectivity index (χ0n) is 21.4. The number of amides is 2. The molecule has 1 N–H and O–H groups in total. The van der Waals surface area contributed by atoms with Gasteiger partial charge in [-0.05, 0) is 42.7 Å². The van der Waals surface area contributed by atoms with Crippen LogP contribution in [-0.4, -0.2) is 49.1 Å². The zero-order chi connectivity index (χ0) is 27.7. The highest BCUT2D eigenvalue weighted by atomic mass is 32.2.